The lowest BCUT2D eigenvalue weighted by molar-refractivity contribution is -0.144. The minimum absolute atomic E-state index is 0.397. The lowest BCUT2D eigenvalue weighted by Gasteiger charge is -2.26. The molecule has 0 aromatic rings. The fourth-order valence-corrected chi connectivity index (χ4v) is 1.85. The third-order valence-corrected chi connectivity index (χ3v) is 3.17. The molecule has 0 amide bonds. The molecule has 2 N–H and O–H groups in total. The first-order chi connectivity index (χ1) is 8.58. The lowest BCUT2D eigenvalue weighted by atomic mass is 9.96. The van der Waals surface area contributed by atoms with E-state index in [-0.39, 0.29) is 0 Å². The number of rotatable bonds is 11. The molecular formula is C13H25NO4. The van der Waals surface area contributed by atoms with Crippen LogP contribution in [0.3, 0.4) is 0 Å². The molecule has 106 valence electrons. The first-order valence-electron chi connectivity index (χ1n) is 6.66. The molecule has 0 aliphatic heterocycles. The van der Waals surface area contributed by atoms with Gasteiger partial charge < -0.3 is 14.6 Å². The van der Waals surface area contributed by atoms with E-state index in [2.05, 4.69) is 5.32 Å². The van der Waals surface area contributed by atoms with Gasteiger partial charge in [0.15, 0.2) is 0 Å². The van der Waals surface area contributed by atoms with E-state index in [1.54, 1.807) is 14.0 Å². The van der Waals surface area contributed by atoms with Crippen molar-refractivity contribution in [3.63, 3.8) is 0 Å². The summed E-state index contributed by atoms with van der Waals surface area (Å²) in [6, 6.07) is 0.397. The Kier molecular flexibility index (Phi) is 6.60. The fraction of sp³-hybridized carbons (Fsp3) is 0.923. The second kappa shape index (κ2) is 7.71. The van der Waals surface area contributed by atoms with Crippen LogP contribution < -0.4 is 5.32 Å². The summed E-state index contributed by atoms with van der Waals surface area (Å²) in [5, 5.41) is 12.5. The van der Waals surface area contributed by atoms with Crippen molar-refractivity contribution in [1.29, 1.82) is 0 Å². The van der Waals surface area contributed by atoms with Crippen LogP contribution in [0.25, 0.3) is 0 Å². The lowest BCUT2D eigenvalue weighted by Crippen LogP contribution is -2.50. The Morgan fingerprint density at radius 3 is 2.56 bits per heavy atom. The maximum atomic E-state index is 11.3. The Morgan fingerprint density at radius 1 is 1.33 bits per heavy atom. The summed E-state index contributed by atoms with van der Waals surface area (Å²) in [6.07, 6.45) is 4.43. The highest BCUT2D eigenvalue weighted by Crippen LogP contribution is 2.25. The van der Waals surface area contributed by atoms with Gasteiger partial charge in [-0.05, 0) is 39.0 Å². The van der Waals surface area contributed by atoms with E-state index in [0.29, 0.717) is 32.3 Å². The molecule has 1 atom stereocenters. The molecule has 0 radical (unpaired) electrons. The van der Waals surface area contributed by atoms with Crippen molar-refractivity contribution in [3.05, 3.63) is 0 Å². The number of carboxylic acid groups (broad SMARTS) is 1. The molecule has 0 heterocycles. The predicted molar refractivity (Wildman–Crippen MR) is 68.7 cm³/mol. The molecule has 1 saturated carbocycles. The van der Waals surface area contributed by atoms with Crippen LogP contribution in [0.15, 0.2) is 0 Å². The van der Waals surface area contributed by atoms with Gasteiger partial charge in [0, 0.05) is 33.0 Å². The Morgan fingerprint density at radius 2 is 2.00 bits per heavy atom. The second-order valence-corrected chi connectivity index (χ2v) is 5.12. The SMILES string of the molecule is COCCCOCCCC(C)(NC1CC1)C(=O)O. The molecule has 18 heavy (non-hydrogen) atoms. The minimum atomic E-state index is -0.808. The summed E-state index contributed by atoms with van der Waals surface area (Å²) in [6.45, 7) is 3.75. The van der Waals surface area contributed by atoms with E-state index in [1.165, 1.54) is 0 Å². The van der Waals surface area contributed by atoms with Crippen LogP contribution in [0.5, 0.6) is 0 Å². The van der Waals surface area contributed by atoms with Crippen LogP contribution in [0.4, 0.5) is 0 Å². The van der Waals surface area contributed by atoms with E-state index in [9.17, 15) is 9.90 Å². The van der Waals surface area contributed by atoms with Gasteiger partial charge in [0.25, 0.3) is 0 Å². The highest BCUT2D eigenvalue weighted by Gasteiger charge is 2.37. The van der Waals surface area contributed by atoms with E-state index in [4.69, 9.17) is 9.47 Å². The Hall–Kier alpha value is -0.650. The van der Waals surface area contributed by atoms with Gasteiger partial charge in [-0.25, -0.2) is 0 Å². The largest absolute Gasteiger partial charge is 0.480 e. The number of carboxylic acids is 1. The van der Waals surface area contributed by atoms with Crippen molar-refractivity contribution in [1.82, 2.24) is 5.32 Å². The third kappa shape index (κ3) is 5.80. The molecule has 0 saturated heterocycles. The molecule has 1 aliphatic carbocycles. The van der Waals surface area contributed by atoms with Crippen molar-refractivity contribution < 1.29 is 19.4 Å². The van der Waals surface area contributed by atoms with Gasteiger partial charge in [-0.1, -0.05) is 0 Å². The van der Waals surface area contributed by atoms with Crippen LogP contribution in [0, 0.1) is 0 Å². The Labute approximate surface area is 109 Å². The Balaban J connectivity index is 2.11. The van der Waals surface area contributed by atoms with Crippen LogP contribution in [0.2, 0.25) is 0 Å². The molecule has 5 nitrogen and oxygen atoms in total. The van der Waals surface area contributed by atoms with Crippen LogP contribution in [0.1, 0.15) is 39.0 Å². The zero-order valence-corrected chi connectivity index (χ0v) is 11.4. The zero-order valence-electron chi connectivity index (χ0n) is 11.4. The summed E-state index contributed by atoms with van der Waals surface area (Å²) in [5.41, 5.74) is -0.808. The number of hydrogen-bond donors (Lipinski definition) is 2. The molecule has 1 fully saturated rings. The van der Waals surface area contributed by atoms with Gasteiger partial charge in [0.2, 0.25) is 0 Å². The zero-order chi connectivity index (χ0) is 13.4. The van der Waals surface area contributed by atoms with Gasteiger partial charge in [-0.3, -0.25) is 10.1 Å². The minimum Gasteiger partial charge on any atom is -0.480 e. The fourth-order valence-electron chi connectivity index (χ4n) is 1.85. The molecular weight excluding hydrogens is 234 g/mol. The van der Waals surface area contributed by atoms with Crippen molar-refractivity contribution >= 4 is 5.97 Å². The quantitative estimate of drug-likeness (QED) is 0.549. The van der Waals surface area contributed by atoms with Crippen LogP contribution >= 0.6 is 0 Å². The summed E-state index contributed by atoms with van der Waals surface area (Å²) in [4.78, 5) is 11.3. The summed E-state index contributed by atoms with van der Waals surface area (Å²) in [7, 11) is 1.67. The average Bonchev–Trinajstić information content (AvgIpc) is 3.11. The molecule has 0 aromatic carbocycles. The summed E-state index contributed by atoms with van der Waals surface area (Å²) in [5.74, 6) is -0.770. The summed E-state index contributed by atoms with van der Waals surface area (Å²) >= 11 is 0. The molecule has 0 spiro atoms. The first kappa shape index (κ1) is 15.4. The third-order valence-electron chi connectivity index (χ3n) is 3.17. The number of carbonyl (C=O) groups is 1. The highest BCUT2D eigenvalue weighted by molar-refractivity contribution is 5.78. The van der Waals surface area contributed by atoms with Gasteiger partial charge in [-0.2, -0.15) is 0 Å². The maximum Gasteiger partial charge on any atom is 0.323 e. The summed E-state index contributed by atoms with van der Waals surface area (Å²) < 4.78 is 10.3. The topological polar surface area (TPSA) is 67.8 Å². The molecule has 5 heteroatoms. The van der Waals surface area contributed by atoms with E-state index >= 15 is 0 Å². The van der Waals surface area contributed by atoms with E-state index in [0.717, 1.165) is 25.7 Å². The molecule has 0 bridgehead atoms. The van der Waals surface area contributed by atoms with Gasteiger partial charge in [0.1, 0.15) is 5.54 Å². The van der Waals surface area contributed by atoms with Crippen molar-refractivity contribution in [2.75, 3.05) is 26.9 Å². The molecule has 0 aromatic heterocycles. The maximum absolute atomic E-state index is 11.3. The predicted octanol–water partition coefficient (Wildman–Crippen LogP) is 1.41. The van der Waals surface area contributed by atoms with Crippen LogP contribution in [-0.2, 0) is 14.3 Å². The highest BCUT2D eigenvalue weighted by atomic mass is 16.5. The van der Waals surface area contributed by atoms with Gasteiger partial charge in [0.05, 0.1) is 0 Å². The standard InChI is InChI=1S/C13H25NO4/c1-13(12(15)16,14-11-5-6-11)7-3-9-18-10-4-8-17-2/h11,14H,3-10H2,1-2H3,(H,15,16). The van der Waals surface area contributed by atoms with Gasteiger partial charge in [-0.15, -0.1) is 0 Å². The smallest absolute Gasteiger partial charge is 0.323 e. The number of nitrogens with one attached hydrogen (secondary N) is 1. The van der Waals surface area contributed by atoms with E-state index in [1.807, 2.05) is 0 Å². The number of ether oxygens (including phenoxy) is 2. The average molecular weight is 259 g/mol. The Bertz CT molecular complexity index is 255. The van der Waals surface area contributed by atoms with Crippen molar-refractivity contribution in [2.24, 2.45) is 0 Å². The van der Waals surface area contributed by atoms with Crippen molar-refractivity contribution in [3.8, 4) is 0 Å². The van der Waals surface area contributed by atoms with Crippen LogP contribution in [-0.4, -0.2) is 49.6 Å². The first-order valence-corrected chi connectivity index (χ1v) is 6.66. The molecule has 1 aliphatic rings. The second-order valence-electron chi connectivity index (χ2n) is 5.12. The normalized spacial score (nSPS) is 18.6. The molecule has 1 rings (SSSR count). The number of methoxy groups -OCH3 is 1. The number of aliphatic carboxylic acids is 1. The number of hydrogen-bond acceptors (Lipinski definition) is 4. The van der Waals surface area contributed by atoms with Gasteiger partial charge >= 0.3 is 5.97 Å². The monoisotopic (exact) mass is 259 g/mol. The van der Waals surface area contributed by atoms with Crippen molar-refractivity contribution in [2.45, 2.75) is 50.6 Å². The molecule has 1 unspecified atom stereocenters. The van der Waals surface area contributed by atoms with E-state index < -0.39 is 11.5 Å².